The first kappa shape index (κ1) is 19.4. The summed E-state index contributed by atoms with van der Waals surface area (Å²) in [7, 11) is 1.70. The molecule has 1 aliphatic heterocycles. The second kappa shape index (κ2) is 8.59. The highest BCUT2D eigenvalue weighted by Crippen LogP contribution is 2.22. The summed E-state index contributed by atoms with van der Waals surface area (Å²) in [6.07, 6.45) is 3.20. The summed E-state index contributed by atoms with van der Waals surface area (Å²) in [6, 6.07) is 9.78. The zero-order valence-electron chi connectivity index (χ0n) is 16.7. The number of carbonyl (C=O) groups excluding carboxylic acids is 1. The van der Waals surface area contributed by atoms with Crippen molar-refractivity contribution < 1.29 is 13.9 Å². The van der Waals surface area contributed by atoms with Crippen LogP contribution in [0, 0.1) is 6.92 Å². The molecule has 1 aromatic carbocycles. The van der Waals surface area contributed by atoms with Gasteiger partial charge in [-0.05, 0) is 25.1 Å². The average molecular weight is 395 g/mol. The number of nitrogens with zero attached hydrogens (tertiary/aromatic N) is 5. The number of methoxy groups -OCH3 is 1. The number of furan rings is 1. The molecule has 0 atom stereocenters. The third kappa shape index (κ3) is 4.23. The van der Waals surface area contributed by atoms with Crippen LogP contribution in [0.25, 0.3) is 17.1 Å². The minimum atomic E-state index is -0.146. The normalized spacial score (nSPS) is 15.0. The monoisotopic (exact) mass is 395 g/mol. The number of benzene rings is 1. The Balaban J connectivity index is 1.57. The molecular weight excluding hydrogens is 370 g/mol. The second-order valence-corrected chi connectivity index (χ2v) is 7.15. The molecule has 2 aromatic heterocycles. The molecule has 1 aliphatic rings. The van der Waals surface area contributed by atoms with E-state index in [1.807, 2.05) is 42.2 Å². The summed E-state index contributed by atoms with van der Waals surface area (Å²) in [6.45, 7) is 6.56. The summed E-state index contributed by atoms with van der Waals surface area (Å²) in [5, 5.41) is 4.55. The minimum absolute atomic E-state index is 0.146. The third-order valence-corrected chi connectivity index (χ3v) is 5.13. The molecule has 1 fully saturated rings. The van der Waals surface area contributed by atoms with E-state index in [0.29, 0.717) is 25.5 Å². The van der Waals surface area contributed by atoms with Gasteiger partial charge in [-0.2, -0.15) is 0 Å². The second-order valence-electron chi connectivity index (χ2n) is 7.15. The van der Waals surface area contributed by atoms with E-state index in [4.69, 9.17) is 9.15 Å². The Morgan fingerprint density at radius 3 is 2.55 bits per heavy atom. The molecular formula is C21H25N5O3. The largest absolute Gasteiger partial charge is 0.472 e. The van der Waals surface area contributed by atoms with Crippen molar-refractivity contribution in [3.05, 3.63) is 54.2 Å². The molecule has 0 unspecified atom stereocenters. The predicted molar refractivity (Wildman–Crippen MR) is 108 cm³/mol. The summed E-state index contributed by atoms with van der Waals surface area (Å²) in [4.78, 5) is 21.7. The molecule has 8 nitrogen and oxygen atoms in total. The molecule has 0 bridgehead atoms. The van der Waals surface area contributed by atoms with Gasteiger partial charge in [-0.3, -0.25) is 9.69 Å². The maximum absolute atomic E-state index is 13.1. The molecule has 1 saturated heterocycles. The maximum Gasteiger partial charge on any atom is 0.293 e. The van der Waals surface area contributed by atoms with Crippen molar-refractivity contribution in [2.45, 2.75) is 6.92 Å². The fourth-order valence-electron chi connectivity index (χ4n) is 3.38. The van der Waals surface area contributed by atoms with Crippen molar-refractivity contribution in [2.24, 2.45) is 0 Å². The van der Waals surface area contributed by atoms with E-state index >= 15 is 0 Å². The van der Waals surface area contributed by atoms with Crippen LogP contribution in [-0.4, -0.2) is 76.9 Å². The van der Waals surface area contributed by atoms with Gasteiger partial charge in [0.15, 0.2) is 5.82 Å². The van der Waals surface area contributed by atoms with E-state index in [1.165, 1.54) is 0 Å². The van der Waals surface area contributed by atoms with Crippen LogP contribution in [0.1, 0.15) is 16.2 Å². The SMILES string of the molecule is COCCN1CCN(C(=O)c2nc(-c3ccoc3)n(-c3ccc(C)cc3)n2)CC1. The number of hydrogen-bond donors (Lipinski definition) is 0. The van der Waals surface area contributed by atoms with Gasteiger partial charge in [0.05, 0.1) is 24.1 Å². The summed E-state index contributed by atoms with van der Waals surface area (Å²) in [5.41, 5.74) is 2.78. The Hall–Kier alpha value is -2.97. The fraction of sp³-hybridized carbons (Fsp3) is 0.381. The van der Waals surface area contributed by atoms with Crippen LogP contribution in [0.2, 0.25) is 0 Å². The summed E-state index contributed by atoms with van der Waals surface area (Å²) in [5.74, 6) is 0.642. The Bertz CT molecular complexity index is 941. The van der Waals surface area contributed by atoms with E-state index in [9.17, 15) is 4.79 Å². The molecule has 3 heterocycles. The van der Waals surface area contributed by atoms with E-state index in [-0.39, 0.29) is 11.7 Å². The van der Waals surface area contributed by atoms with Gasteiger partial charge < -0.3 is 14.1 Å². The number of piperazine rings is 1. The Morgan fingerprint density at radius 1 is 1.14 bits per heavy atom. The van der Waals surface area contributed by atoms with Gasteiger partial charge in [0.1, 0.15) is 6.26 Å². The lowest BCUT2D eigenvalue weighted by atomic mass is 10.2. The molecule has 29 heavy (non-hydrogen) atoms. The number of hydrogen-bond acceptors (Lipinski definition) is 6. The fourth-order valence-corrected chi connectivity index (χ4v) is 3.38. The predicted octanol–water partition coefficient (Wildman–Crippen LogP) is 2.24. The molecule has 0 spiro atoms. The maximum atomic E-state index is 13.1. The van der Waals surface area contributed by atoms with Gasteiger partial charge >= 0.3 is 0 Å². The Labute approximate surface area is 169 Å². The Morgan fingerprint density at radius 2 is 1.90 bits per heavy atom. The molecule has 0 N–H and O–H groups in total. The van der Waals surface area contributed by atoms with Crippen molar-refractivity contribution in [1.29, 1.82) is 0 Å². The van der Waals surface area contributed by atoms with Crippen LogP contribution in [0.3, 0.4) is 0 Å². The van der Waals surface area contributed by atoms with Crippen LogP contribution in [0.15, 0.2) is 47.3 Å². The van der Waals surface area contributed by atoms with Gasteiger partial charge in [-0.25, -0.2) is 9.67 Å². The molecule has 1 amide bonds. The van der Waals surface area contributed by atoms with Gasteiger partial charge in [-0.15, -0.1) is 5.10 Å². The number of rotatable bonds is 6. The van der Waals surface area contributed by atoms with Crippen LogP contribution >= 0.6 is 0 Å². The van der Waals surface area contributed by atoms with E-state index in [0.717, 1.165) is 36.4 Å². The topological polar surface area (TPSA) is 76.6 Å². The van der Waals surface area contributed by atoms with Crippen molar-refractivity contribution >= 4 is 5.91 Å². The van der Waals surface area contributed by atoms with Crippen LogP contribution in [0.5, 0.6) is 0 Å². The van der Waals surface area contributed by atoms with Crippen molar-refractivity contribution in [1.82, 2.24) is 24.6 Å². The lowest BCUT2D eigenvalue weighted by molar-refractivity contribution is 0.0583. The average Bonchev–Trinajstić information content (AvgIpc) is 3.42. The quantitative estimate of drug-likeness (QED) is 0.637. The number of aromatic nitrogens is 3. The zero-order valence-corrected chi connectivity index (χ0v) is 16.7. The molecule has 8 heteroatoms. The van der Waals surface area contributed by atoms with Crippen LogP contribution in [-0.2, 0) is 4.74 Å². The third-order valence-electron chi connectivity index (χ3n) is 5.13. The standard InChI is InChI=1S/C21H25N5O3/c1-16-3-5-18(6-4-16)26-20(17-7-13-29-15-17)22-19(23-26)21(27)25-10-8-24(9-11-25)12-14-28-2/h3-7,13,15H,8-12,14H2,1-2H3. The number of amides is 1. The minimum Gasteiger partial charge on any atom is -0.472 e. The number of aryl methyl sites for hydroxylation is 1. The zero-order chi connectivity index (χ0) is 20.2. The van der Waals surface area contributed by atoms with Gasteiger partial charge in [-0.1, -0.05) is 17.7 Å². The molecule has 3 aromatic rings. The lowest BCUT2D eigenvalue weighted by Gasteiger charge is -2.33. The smallest absolute Gasteiger partial charge is 0.293 e. The molecule has 0 aliphatic carbocycles. The highest BCUT2D eigenvalue weighted by Gasteiger charge is 2.26. The van der Waals surface area contributed by atoms with E-state index in [1.54, 1.807) is 24.3 Å². The van der Waals surface area contributed by atoms with Crippen LogP contribution in [0.4, 0.5) is 0 Å². The van der Waals surface area contributed by atoms with E-state index < -0.39 is 0 Å². The van der Waals surface area contributed by atoms with Gasteiger partial charge in [0.2, 0.25) is 5.82 Å². The molecule has 4 rings (SSSR count). The number of ether oxygens (including phenoxy) is 1. The van der Waals surface area contributed by atoms with Gasteiger partial charge in [0.25, 0.3) is 5.91 Å². The first-order chi connectivity index (χ1) is 14.2. The number of carbonyl (C=O) groups is 1. The molecule has 152 valence electrons. The molecule has 0 saturated carbocycles. The summed E-state index contributed by atoms with van der Waals surface area (Å²) >= 11 is 0. The lowest BCUT2D eigenvalue weighted by Crippen LogP contribution is -2.49. The molecule has 0 radical (unpaired) electrons. The Kier molecular flexibility index (Phi) is 5.73. The van der Waals surface area contributed by atoms with Crippen molar-refractivity contribution in [2.75, 3.05) is 46.4 Å². The van der Waals surface area contributed by atoms with Crippen molar-refractivity contribution in [3.8, 4) is 17.1 Å². The van der Waals surface area contributed by atoms with Gasteiger partial charge in [0, 0.05) is 39.8 Å². The summed E-state index contributed by atoms with van der Waals surface area (Å²) < 4.78 is 12.1. The first-order valence-corrected chi connectivity index (χ1v) is 9.73. The van der Waals surface area contributed by atoms with E-state index in [2.05, 4.69) is 15.0 Å². The first-order valence-electron chi connectivity index (χ1n) is 9.73. The van der Waals surface area contributed by atoms with Crippen molar-refractivity contribution in [3.63, 3.8) is 0 Å². The van der Waals surface area contributed by atoms with Crippen LogP contribution < -0.4 is 0 Å². The highest BCUT2D eigenvalue weighted by atomic mass is 16.5. The highest BCUT2D eigenvalue weighted by molar-refractivity contribution is 5.91.